The van der Waals surface area contributed by atoms with Crippen molar-refractivity contribution in [3.05, 3.63) is 29.8 Å². The van der Waals surface area contributed by atoms with Crippen molar-refractivity contribution in [2.24, 2.45) is 35.5 Å². The zero-order valence-corrected chi connectivity index (χ0v) is 51.3. The number of unbranched alkanes of at least 4 members (excludes halogenated alkanes) is 2. The number of phenolic OH excluding ortho intramolecular Hbond substituents is 1. The molecule has 0 bridgehead atoms. The molecule has 0 heterocycles. The van der Waals surface area contributed by atoms with E-state index in [9.17, 15) is 57.8 Å². The first-order chi connectivity index (χ1) is 36.3. The van der Waals surface area contributed by atoms with Crippen molar-refractivity contribution in [1.29, 1.82) is 0 Å². The third-order valence-electron chi connectivity index (χ3n) is 12.6. The molecule has 15 heteroatoms. The van der Waals surface area contributed by atoms with E-state index in [1.54, 1.807) is 26.0 Å². The van der Waals surface area contributed by atoms with E-state index in [0.717, 1.165) is 31.4 Å². The first kappa shape index (κ1) is 77.3. The van der Waals surface area contributed by atoms with Crippen LogP contribution in [0.4, 0.5) is 0 Å². The Hall–Kier alpha value is -4.89. The lowest BCUT2D eigenvalue weighted by Crippen LogP contribution is -2.42. The Morgan fingerprint density at radius 2 is 0.705 bits per heavy atom. The van der Waals surface area contributed by atoms with Crippen LogP contribution in [0.3, 0.4) is 0 Å². The number of hydrogen-bond donors (Lipinski definition) is 4. The molecular formula is C63H107N3O12. The molecule has 1 amide bonds. The number of nitrogens with one attached hydrogen (secondary N) is 3. The highest BCUT2D eigenvalue weighted by atomic mass is 16.3. The van der Waals surface area contributed by atoms with Gasteiger partial charge in [-0.3, -0.25) is 52.7 Å². The van der Waals surface area contributed by atoms with Gasteiger partial charge in [-0.15, -0.1) is 0 Å². The number of ketones is 10. The standard InChI is InChI=1S/C18H27NO3.C17H29NO4.C15H26O3.C13H25NO2/c1-12(2)17(21)9-10-18(22)16(19-13(3)4)11-14-5-7-15(20)8-6-14;1-12(2)15(20)10-9-14(19)7-5-6-8-17(22)18-11-16(21)13(3)4;1-11(2)14(17)8-6-5-7-13(16)9-10-15(18)12(3)4;1-10(2)13(16)8-7-12(15)6-5-9-14-11(3)4/h5-8,12-13,16,19-20H,9-11H2,1-4H3;12-13H,5-11H2,1-4H3,(H,18,22);11-12H,5-10H2,1-4H3;10-11,14H,5-9H2,1-4H3/t16-;;;/m0.../s1. The Morgan fingerprint density at radius 3 is 1.08 bits per heavy atom. The highest BCUT2D eigenvalue weighted by molar-refractivity contribution is 5.91. The fraction of sp³-hybridized carbons (Fsp3) is 0.730. The predicted molar refractivity (Wildman–Crippen MR) is 312 cm³/mol. The van der Waals surface area contributed by atoms with Crippen molar-refractivity contribution in [3.63, 3.8) is 0 Å². The lowest BCUT2D eigenvalue weighted by atomic mass is 9.96. The van der Waals surface area contributed by atoms with Gasteiger partial charge in [0.05, 0.1) is 12.6 Å². The second kappa shape index (κ2) is 45.9. The van der Waals surface area contributed by atoms with Gasteiger partial charge in [-0.25, -0.2) is 0 Å². The first-order valence-electron chi connectivity index (χ1n) is 29.1. The molecule has 0 saturated heterocycles. The van der Waals surface area contributed by atoms with Crippen LogP contribution in [0.1, 0.15) is 232 Å². The first-order valence-corrected chi connectivity index (χ1v) is 29.1. The maximum atomic E-state index is 12.4. The minimum atomic E-state index is -0.301. The lowest BCUT2D eigenvalue weighted by Gasteiger charge is -2.20. The van der Waals surface area contributed by atoms with Crippen LogP contribution in [0.25, 0.3) is 0 Å². The van der Waals surface area contributed by atoms with E-state index in [4.69, 9.17) is 0 Å². The second-order valence-electron chi connectivity index (χ2n) is 23.0. The number of hydrogen-bond acceptors (Lipinski definition) is 14. The summed E-state index contributed by atoms with van der Waals surface area (Å²) in [5, 5.41) is 18.4. The fourth-order valence-corrected chi connectivity index (χ4v) is 6.95. The molecule has 1 rings (SSSR count). The van der Waals surface area contributed by atoms with Gasteiger partial charge in [0.15, 0.2) is 11.6 Å². The highest BCUT2D eigenvalue weighted by Gasteiger charge is 2.21. The van der Waals surface area contributed by atoms with Crippen LogP contribution in [0, 0.1) is 35.5 Å². The molecule has 1 aromatic rings. The molecule has 0 saturated carbocycles. The summed E-state index contributed by atoms with van der Waals surface area (Å²) in [5.41, 5.74) is 0.986. The molecule has 1 atom stereocenters. The zero-order valence-electron chi connectivity index (χ0n) is 51.3. The molecule has 446 valence electrons. The number of Topliss-reactive ketones (excluding diaryl/α,β-unsaturated/α-hetero) is 10. The minimum absolute atomic E-state index is 0.0124. The Labute approximate surface area is 470 Å². The number of rotatable bonds is 40. The Kier molecular flexibility index (Phi) is 45.5. The maximum Gasteiger partial charge on any atom is 0.220 e. The highest BCUT2D eigenvalue weighted by Crippen LogP contribution is 2.15. The van der Waals surface area contributed by atoms with Gasteiger partial charge >= 0.3 is 0 Å². The van der Waals surface area contributed by atoms with Crippen molar-refractivity contribution >= 4 is 63.7 Å². The van der Waals surface area contributed by atoms with Gasteiger partial charge < -0.3 is 21.1 Å². The van der Waals surface area contributed by atoms with Crippen LogP contribution >= 0.6 is 0 Å². The predicted octanol–water partition coefficient (Wildman–Crippen LogP) is 11.0. The molecular weight excluding hydrogens is 991 g/mol. The number of benzene rings is 1. The van der Waals surface area contributed by atoms with E-state index in [-0.39, 0.29) is 130 Å². The third kappa shape index (κ3) is 46.1. The summed E-state index contributed by atoms with van der Waals surface area (Å²) in [6.07, 6.45) is 9.34. The Balaban J connectivity index is -0.000000970. The van der Waals surface area contributed by atoms with Crippen LogP contribution in [-0.2, 0) is 59.2 Å². The van der Waals surface area contributed by atoms with E-state index in [2.05, 4.69) is 29.8 Å². The maximum absolute atomic E-state index is 12.4. The largest absolute Gasteiger partial charge is 0.508 e. The van der Waals surface area contributed by atoms with E-state index in [0.29, 0.717) is 102 Å². The summed E-state index contributed by atoms with van der Waals surface area (Å²) in [6, 6.07) is 7.23. The molecule has 0 aromatic heterocycles. The summed E-state index contributed by atoms with van der Waals surface area (Å²) < 4.78 is 0. The summed E-state index contributed by atoms with van der Waals surface area (Å²) in [6.45, 7) is 31.3. The monoisotopic (exact) mass is 1100 g/mol. The quantitative estimate of drug-likeness (QED) is 0.0447. The molecule has 1 aromatic carbocycles. The molecule has 0 aliphatic carbocycles. The molecule has 78 heavy (non-hydrogen) atoms. The molecule has 15 nitrogen and oxygen atoms in total. The van der Waals surface area contributed by atoms with Gasteiger partial charge in [0.2, 0.25) is 5.91 Å². The van der Waals surface area contributed by atoms with Crippen LogP contribution < -0.4 is 16.0 Å². The lowest BCUT2D eigenvalue weighted by molar-refractivity contribution is -0.126. The van der Waals surface area contributed by atoms with Gasteiger partial charge in [0.1, 0.15) is 52.0 Å². The third-order valence-corrected chi connectivity index (χ3v) is 12.6. The normalized spacial score (nSPS) is 11.4. The molecule has 0 radical (unpaired) electrons. The summed E-state index contributed by atoms with van der Waals surface area (Å²) in [7, 11) is 0. The van der Waals surface area contributed by atoms with Gasteiger partial charge in [0.25, 0.3) is 0 Å². The molecule has 4 N–H and O–H groups in total. The number of phenols is 1. The molecule has 0 unspecified atom stereocenters. The van der Waals surface area contributed by atoms with Crippen LogP contribution in [-0.4, -0.2) is 100 Å². The van der Waals surface area contributed by atoms with Crippen LogP contribution in [0.5, 0.6) is 5.75 Å². The number of amides is 1. The molecule has 0 fully saturated rings. The topological polar surface area (TPSA) is 244 Å². The van der Waals surface area contributed by atoms with E-state index >= 15 is 0 Å². The Bertz CT molecular complexity index is 1910. The van der Waals surface area contributed by atoms with E-state index in [1.165, 1.54) is 0 Å². The number of aromatic hydroxyl groups is 1. The van der Waals surface area contributed by atoms with Gasteiger partial charge in [-0.05, 0) is 62.8 Å². The van der Waals surface area contributed by atoms with Gasteiger partial charge in [-0.2, -0.15) is 0 Å². The molecule has 0 aliphatic rings. The average Bonchev–Trinajstić information content (AvgIpc) is 3.36. The van der Waals surface area contributed by atoms with Crippen molar-refractivity contribution in [3.8, 4) is 5.75 Å². The zero-order chi connectivity index (χ0) is 60.5. The summed E-state index contributed by atoms with van der Waals surface area (Å²) in [4.78, 5) is 127. The number of carbonyl (C=O) groups is 11. The Morgan fingerprint density at radius 1 is 0.372 bits per heavy atom. The van der Waals surface area contributed by atoms with E-state index in [1.807, 2.05) is 95.2 Å². The fourth-order valence-electron chi connectivity index (χ4n) is 6.95. The van der Waals surface area contributed by atoms with Gasteiger partial charge in [-0.1, -0.05) is 123 Å². The van der Waals surface area contributed by atoms with Crippen molar-refractivity contribution in [1.82, 2.24) is 16.0 Å². The van der Waals surface area contributed by atoms with Crippen LogP contribution in [0.15, 0.2) is 24.3 Å². The summed E-state index contributed by atoms with van der Waals surface area (Å²) in [5.74, 6) is 1.42. The minimum Gasteiger partial charge on any atom is -0.508 e. The smallest absolute Gasteiger partial charge is 0.220 e. The van der Waals surface area contributed by atoms with Crippen molar-refractivity contribution in [2.45, 2.75) is 251 Å². The van der Waals surface area contributed by atoms with E-state index < -0.39 is 0 Å². The molecule has 0 aliphatic heterocycles. The van der Waals surface area contributed by atoms with Crippen molar-refractivity contribution < 1.29 is 57.8 Å². The molecule has 0 spiro atoms. The van der Waals surface area contributed by atoms with Gasteiger partial charge in [0, 0.05) is 131 Å². The number of carbonyl (C=O) groups excluding carboxylic acids is 11. The van der Waals surface area contributed by atoms with Crippen molar-refractivity contribution in [2.75, 3.05) is 13.1 Å². The SMILES string of the molecule is CC(C)C(=O)CCC(=O)CCCCC(=O)NCC(=O)C(C)C.CC(C)C(=O)CCCCC(=O)CCC(=O)C(C)C.CC(C)NCCCC(=O)CCC(=O)C(C)C.CC(C)N[C@@H](Cc1ccc(O)cc1)C(=O)CCC(=O)C(C)C. The average molecular weight is 1100 g/mol. The summed E-state index contributed by atoms with van der Waals surface area (Å²) >= 11 is 0. The van der Waals surface area contributed by atoms with Crippen LogP contribution in [0.2, 0.25) is 0 Å². The second-order valence-corrected chi connectivity index (χ2v) is 23.0.